The predicted molar refractivity (Wildman–Crippen MR) is 599 cm³/mol. The lowest BCUT2D eigenvalue weighted by molar-refractivity contribution is 0.668. The summed E-state index contributed by atoms with van der Waals surface area (Å²) in [7, 11) is 0. The molecule has 0 bridgehead atoms. The first-order chi connectivity index (χ1) is 70.4. The summed E-state index contributed by atoms with van der Waals surface area (Å²) in [5.41, 5.74) is 35.5. The van der Waals surface area contributed by atoms with E-state index in [-0.39, 0.29) is 0 Å². The second-order valence-electron chi connectivity index (χ2n) is 36.9. The average molecular weight is 1810 g/mol. The van der Waals surface area contributed by atoms with Crippen LogP contribution < -0.4 is 9.80 Å². The highest BCUT2D eigenvalue weighted by Crippen LogP contribution is 2.51. The standard InChI is InChI=1S/2C68H44N2O/c1-2-18-54-47(15-1)31-32-50-44-51(37-42-55(50)54)56-19-3-8-25-62(56)69(65-28-11-6-22-59(65)60-24-14-30-67-68(60)61-23-7-12-29-66(61)71-67)52-38-33-45(34-39-52)48-16-13-17-49(43-48)46-35-40-53(41-36-46)70-63-26-9-4-20-57(63)58-21-5-10-27-64(58)70;1-2-19-56-47(14-1)30-31-52-43-51(36-41-57(52)56)50-17-12-18-55(44-50)69(63-25-7-5-22-60(63)61-24-13-29-67-68(61)62-23-6-10-28-66(62)71-67)53-37-32-45(33-38-53)48-15-11-16-49(42-48)46-34-39-54(40-35-46)70-64-26-8-3-20-58(64)59-21-4-9-27-65(59)70/h2*1-44H. The molecule has 0 radical (unpaired) electrons. The summed E-state index contributed by atoms with van der Waals surface area (Å²) in [6.07, 6.45) is 0. The largest absolute Gasteiger partial charge is 0.456 e. The molecular formula is C136H88N4O2. The lowest BCUT2D eigenvalue weighted by Gasteiger charge is -2.30. The van der Waals surface area contributed by atoms with Gasteiger partial charge in [0, 0.05) is 88.2 Å². The topological polar surface area (TPSA) is 42.6 Å². The highest BCUT2D eigenvalue weighted by atomic mass is 16.3. The van der Waals surface area contributed by atoms with Crippen LogP contribution in [-0.2, 0) is 0 Å². The van der Waals surface area contributed by atoms with Gasteiger partial charge in [0.05, 0.1) is 39.1 Å². The van der Waals surface area contributed by atoms with Crippen molar-refractivity contribution in [1.29, 1.82) is 0 Å². The maximum Gasteiger partial charge on any atom is 0.136 e. The molecule has 0 aliphatic rings. The van der Waals surface area contributed by atoms with Crippen LogP contribution in [-0.4, -0.2) is 9.13 Å². The molecule has 142 heavy (non-hydrogen) atoms. The van der Waals surface area contributed by atoms with Crippen molar-refractivity contribution in [2.45, 2.75) is 0 Å². The lowest BCUT2D eigenvalue weighted by atomic mass is 9.94. The molecule has 0 saturated heterocycles. The van der Waals surface area contributed by atoms with E-state index in [1.807, 2.05) is 12.1 Å². The lowest BCUT2D eigenvalue weighted by Crippen LogP contribution is -2.12. The Morgan fingerprint density at radius 3 is 0.887 bits per heavy atom. The van der Waals surface area contributed by atoms with Gasteiger partial charge < -0.3 is 27.8 Å². The molecule has 0 aliphatic heterocycles. The van der Waals surface area contributed by atoms with E-state index in [0.717, 1.165) is 151 Å². The number of fused-ring (bicyclic) bond motifs is 18. The van der Waals surface area contributed by atoms with Gasteiger partial charge in [0.1, 0.15) is 22.3 Å². The normalized spacial score (nSPS) is 11.7. The molecule has 4 aromatic heterocycles. The van der Waals surface area contributed by atoms with Gasteiger partial charge in [-0.1, -0.05) is 382 Å². The molecule has 28 rings (SSSR count). The Kier molecular flexibility index (Phi) is 20.2. The van der Waals surface area contributed by atoms with Crippen LogP contribution in [0.25, 0.3) is 231 Å². The molecule has 28 aromatic rings. The molecule has 0 saturated carbocycles. The van der Waals surface area contributed by atoms with Crippen molar-refractivity contribution in [3.63, 3.8) is 0 Å². The number of furan rings is 2. The predicted octanol–water partition coefficient (Wildman–Crippen LogP) is 38.3. The average Bonchev–Trinajstić information content (AvgIpc) is 1.62. The summed E-state index contributed by atoms with van der Waals surface area (Å²) < 4.78 is 17.6. The molecular weight excluding hydrogens is 1720 g/mol. The Bertz CT molecular complexity index is 9720. The molecule has 0 spiro atoms. The summed E-state index contributed by atoms with van der Waals surface area (Å²) in [6.45, 7) is 0. The van der Waals surface area contributed by atoms with E-state index in [2.05, 4.69) is 541 Å². The van der Waals surface area contributed by atoms with E-state index in [4.69, 9.17) is 8.83 Å². The SMILES string of the molecule is c1cc(-c2ccc(N(c3cccc(-c4ccc5c(ccc6ccccc65)c4)c3)c3ccccc3-c3cccc4oc5ccccc5c34)cc2)cc(-c2ccc(-n3c4ccccc4c4ccccc43)cc2)c1.c1cc(-c2ccc(N(c3ccccc3-c3ccc4c(ccc5ccccc54)c3)c3ccccc3-c3cccc4oc5ccccc5c34)cc2)cc(-c2ccc(-n3c4ccccc4c4ccccc43)cc2)c1. The zero-order valence-electron chi connectivity index (χ0n) is 77.4. The maximum atomic E-state index is 6.45. The van der Waals surface area contributed by atoms with E-state index >= 15 is 0 Å². The monoisotopic (exact) mass is 1810 g/mol. The van der Waals surface area contributed by atoms with Crippen LogP contribution in [0.4, 0.5) is 34.1 Å². The summed E-state index contributed by atoms with van der Waals surface area (Å²) in [5, 5.41) is 19.5. The number of aromatic nitrogens is 2. The van der Waals surface area contributed by atoms with Gasteiger partial charge in [0.2, 0.25) is 0 Å². The first kappa shape index (κ1) is 82.6. The first-order valence-corrected chi connectivity index (χ1v) is 48.6. The minimum atomic E-state index is 0.875. The molecule has 0 aliphatic carbocycles. The number of nitrogens with zero attached hydrogens (tertiary/aromatic N) is 4. The fourth-order valence-corrected chi connectivity index (χ4v) is 22.1. The Labute approximate surface area is 820 Å². The van der Waals surface area contributed by atoms with Crippen LogP contribution in [0.15, 0.2) is 543 Å². The number of rotatable bonds is 16. The quantitative estimate of drug-likeness (QED) is 0.0904. The zero-order chi connectivity index (χ0) is 93.7. The number of para-hydroxylation sites is 9. The maximum absolute atomic E-state index is 6.45. The van der Waals surface area contributed by atoms with Crippen molar-refractivity contribution >= 4 is 165 Å². The van der Waals surface area contributed by atoms with Gasteiger partial charge in [-0.3, -0.25) is 0 Å². The second kappa shape index (κ2) is 34.7. The minimum Gasteiger partial charge on any atom is -0.456 e. The molecule has 0 fully saturated rings. The fraction of sp³-hybridized carbons (Fsp3) is 0. The summed E-state index contributed by atoms with van der Waals surface area (Å²) in [4.78, 5) is 4.85. The third kappa shape index (κ3) is 14.4. The van der Waals surface area contributed by atoms with Gasteiger partial charge >= 0.3 is 0 Å². The smallest absolute Gasteiger partial charge is 0.136 e. The van der Waals surface area contributed by atoms with Crippen LogP contribution in [0.2, 0.25) is 0 Å². The van der Waals surface area contributed by atoms with Gasteiger partial charge in [-0.2, -0.15) is 0 Å². The molecule has 664 valence electrons. The number of hydrogen-bond donors (Lipinski definition) is 0. The Hall–Kier alpha value is -18.9. The van der Waals surface area contributed by atoms with Gasteiger partial charge in [-0.25, -0.2) is 0 Å². The van der Waals surface area contributed by atoms with Crippen molar-refractivity contribution < 1.29 is 8.83 Å². The molecule has 24 aromatic carbocycles. The van der Waals surface area contributed by atoms with Crippen molar-refractivity contribution in [2.24, 2.45) is 0 Å². The summed E-state index contributed by atoms with van der Waals surface area (Å²) >= 11 is 0. The van der Waals surface area contributed by atoms with Crippen molar-refractivity contribution in [1.82, 2.24) is 9.13 Å². The van der Waals surface area contributed by atoms with Crippen LogP contribution in [0.1, 0.15) is 0 Å². The van der Waals surface area contributed by atoms with E-state index in [1.165, 1.54) is 115 Å². The number of benzene rings is 24. The zero-order valence-corrected chi connectivity index (χ0v) is 77.4. The minimum absolute atomic E-state index is 0.875. The molecule has 4 heterocycles. The van der Waals surface area contributed by atoms with Crippen molar-refractivity contribution in [3.8, 4) is 100 Å². The van der Waals surface area contributed by atoms with Gasteiger partial charge in [-0.05, 0) is 267 Å². The molecule has 6 heteroatoms. The summed E-state index contributed by atoms with van der Waals surface area (Å²) in [6, 6.07) is 194. The van der Waals surface area contributed by atoms with E-state index in [9.17, 15) is 0 Å². The Morgan fingerprint density at radius 2 is 0.437 bits per heavy atom. The Balaban J connectivity index is 0.000000142. The van der Waals surface area contributed by atoms with E-state index in [1.54, 1.807) is 0 Å². The second-order valence-corrected chi connectivity index (χ2v) is 36.9. The number of hydrogen-bond acceptors (Lipinski definition) is 4. The molecule has 0 amide bonds. The Morgan fingerprint density at radius 1 is 0.148 bits per heavy atom. The van der Waals surface area contributed by atoms with Crippen molar-refractivity contribution in [3.05, 3.63) is 534 Å². The van der Waals surface area contributed by atoms with Gasteiger partial charge in [0.15, 0.2) is 0 Å². The third-order valence-corrected chi connectivity index (χ3v) is 28.8. The summed E-state index contributed by atoms with van der Waals surface area (Å²) in [5.74, 6) is 0. The van der Waals surface area contributed by atoms with Crippen LogP contribution in [0.5, 0.6) is 0 Å². The third-order valence-electron chi connectivity index (χ3n) is 28.8. The van der Waals surface area contributed by atoms with Crippen LogP contribution in [0.3, 0.4) is 0 Å². The van der Waals surface area contributed by atoms with Crippen LogP contribution >= 0.6 is 0 Å². The molecule has 0 N–H and O–H groups in total. The van der Waals surface area contributed by atoms with E-state index < -0.39 is 0 Å². The van der Waals surface area contributed by atoms with Crippen LogP contribution in [0, 0.1) is 0 Å². The number of anilines is 6. The van der Waals surface area contributed by atoms with Gasteiger partial charge in [0.25, 0.3) is 0 Å². The fourth-order valence-electron chi connectivity index (χ4n) is 22.1. The van der Waals surface area contributed by atoms with Crippen molar-refractivity contribution in [2.75, 3.05) is 9.80 Å². The highest BCUT2D eigenvalue weighted by Gasteiger charge is 2.27. The van der Waals surface area contributed by atoms with E-state index in [0.29, 0.717) is 0 Å². The van der Waals surface area contributed by atoms with Gasteiger partial charge in [-0.15, -0.1) is 0 Å². The molecule has 6 nitrogen and oxygen atoms in total. The molecule has 0 atom stereocenters. The highest BCUT2D eigenvalue weighted by molar-refractivity contribution is 6.18. The molecule has 0 unspecified atom stereocenters. The first-order valence-electron chi connectivity index (χ1n) is 48.6.